The second-order valence-electron chi connectivity index (χ2n) is 3.86. The van der Waals surface area contributed by atoms with Crippen LogP contribution in [0.4, 0.5) is 5.82 Å². The molecule has 0 aliphatic rings. The zero-order chi connectivity index (χ0) is 13.4. The first-order chi connectivity index (χ1) is 8.71. The Hall–Kier alpha value is -1.23. The van der Waals surface area contributed by atoms with Gasteiger partial charge in [-0.05, 0) is 31.7 Å². The van der Waals surface area contributed by atoms with Gasteiger partial charge in [-0.3, -0.25) is 0 Å². The Morgan fingerprint density at radius 1 is 1.50 bits per heavy atom. The van der Waals surface area contributed by atoms with Crippen molar-refractivity contribution in [1.29, 1.82) is 0 Å². The molecule has 0 saturated carbocycles. The maximum Gasteiger partial charge on any atom is 0.339 e. The van der Waals surface area contributed by atoms with Crippen LogP contribution < -0.4 is 5.32 Å². The van der Waals surface area contributed by atoms with E-state index in [1.54, 1.807) is 30.9 Å². The van der Waals surface area contributed by atoms with E-state index in [2.05, 4.69) is 23.5 Å². The van der Waals surface area contributed by atoms with Gasteiger partial charge in [-0.2, -0.15) is 11.8 Å². The average Bonchev–Trinajstić information content (AvgIpc) is 2.39. The number of aromatic nitrogens is 1. The molecule has 1 rings (SSSR count). The molecule has 1 heterocycles. The lowest BCUT2D eigenvalue weighted by Gasteiger charge is -2.16. The number of hydrogen-bond donors (Lipinski definition) is 1. The van der Waals surface area contributed by atoms with E-state index in [1.807, 2.05) is 6.07 Å². The van der Waals surface area contributed by atoms with Gasteiger partial charge in [0, 0.05) is 18.0 Å². The normalized spacial score (nSPS) is 11.9. The summed E-state index contributed by atoms with van der Waals surface area (Å²) in [5.74, 6) is 1.51. The van der Waals surface area contributed by atoms with Crippen molar-refractivity contribution in [2.75, 3.05) is 23.9 Å². The van der Waals surface area contributed by atoms with E-state index in [-0.39, 0.29) is 5.97 Å². The predicted octanol–water partition coefficient (Wildman–Crippen LogP) is 2.81. The molecule has 0 aromatic carbocycles. The zero-order valence-corrected chi connectivity index (χ0v) is 11.9. The number of thioether (sulfide) groups is 1. The summed E-state index contributed by atoms with van der Waals surface area (Å²) in [5, 5.41) is 3.34. The van der Waals surface area contributed by atoms with Gasteiger partial charge in [-0.15, -0.1) is 0 Å². The summed E-state index contributed by atoms with van der Waals surface area (Å²) in [6.45, 7) is 4.31. The highest BCUT2D eigenvalue weighted by molar-refractivity contribution is 7.98. The van der Waals surface area contributed by atoms with Gasteiger partial charge in [-0.25, -0.2) is 9.78 Å². The number of anilines is 1. The lowest BCUT2D eigenvalue weighted by atomic mass is 10.2. The summed E-state index contributed by atoms with van der Waals surface area (Å²) in [4.78, 5) is 15.7. The van der Waals surface area contributed by atoms with Gasteiger partial charge in [0.05, 0.1) is 12.2 Å². The minimum atomic E-state index is -0.326. The summed E-state index contributed by atoms with van der Waals surface area (Å²) < 4.78 is 4.91. The van der Waals surface area contributed by atoms with Crippen LogP contribution in [0.3, 0.4) is 0 Å². The van der Waals surface area contributed by atoms with E-state index in [9.17, 15) is 4.79 Å². The lowest BCUT2D eigenvalue weighted by Crippen LogP contribution is -2.21. The molecule has 18 heavy (non-hydrogen) atoms. The molecule has 1 aromatic rings. The highest BCUT2D eigenvalue weighted by Crippen LogP contribution is 2.11. The summed E-state index contributed by atoms with van der Waals surface area (Å²) >= 11 is 1.80. The fourth-order valence-electron chi connectivity index (χ4n) is 1.49. The van der Waals surface area contributed by atoms with Gasteiger partial charge in [-0.1, -0.05) is 6.92 Å². The van der Waals surface area contributed by atoms with E-state index in [4.69, 9.17) is 4.74 Å². The minimum absolute atomic E-state index is 0.326. The van der Waals surface area contributed by atoms with Crippen LogP contribution in [0.2, 0.25) is 0 Å². The number of carbonyl (C=O) groups is 1. The van der Waals surface area contributed by atoms with Crippen molar-refractivity contribution in [2.45, 2.75) is 26.3 Å². The molecule has 0 bridgehead atoms. The number of nitrogens with zero attached hydrogens (tertiary/aromatic N) is 1. The molecule has 4 nitrogen and oxygen atoms in total. The van der Waals surface area contributed by atoms with Crippen molar-refractivity contribution in [3.05, 3.63) is 23.9 Å². The maximum absolute atomic E-state index is 11.5. The fourth-order valence-corrected chi connectivity index (χ4v) is 2.21. The molecule has 0 radical (unpaired) electrons. The quantitative estimate of drug-likeness (QED) is 0.771. The highest BCUT2D eigenvalue weighted by Gasteiger charge is 2.09. The molecular weight excluding hydrogens is 248 g/mol. The van der Waals surface area contributed by atoms with Crippen LogP contribution in [0.5, 0.6) is 0 Å². The molecule has 1 N–H and O–H groups in total. The first-order valence-electron chi connectivity index (χ1n) is 6.09. The number of carbonyl (C=O) groups excluding carboxylic acids is 1. The predicted molar refractivity (Wildman–Crippen MR) is 76.3 cm³/mol. The molecule has 0 saturated heterocycles. The van der Waals surface area contributed by atoms with E-state index in [0.29, 0.717) is 18.2 Å². The fraction of sp³-hybridized carbons (Fsp3) is 0.538. The molecule has 100 valence electrons. The van der Waals surface area contributed by atoms with Gasteiger partial charge in [0.15, 0.2) is 0 Å². The number of pyridine rings is 1. The monoisotopic (exact) mass is 268 g/mol. The molecule has 0 aliphatic heterocycles. The second-order valence-corrected chi connectivity index (χ2v) is 4.77. The molecule has 1 atom stereocenters. The largest absolute Gasteiger partial charge is 0.462 e. The van der Waals surface area contributed by atoms with Crippen LogP contribution in [0.15, 0.2) is 18.3 Å². The smallest absolute Gasteiger partial charge is 0.339 e. The SMILES string of the molecule is CCOC(=O)c1ccc(NC(CC)CSC)nc1. The van der Waals surface area contributed by atoms with Crippen molar-refractivity contribution in [3.63, 3.8) is 0 Å². The van der Waals surface area contributed by atoms with E-state index < -0.39 is 0 Å². The third-order valence-corrected chi connectivity index (χ3v) is 3.22. The van der Waals surface area contributed by atoms with Gasteiger partial charge in [0.2, 0.25) is 0 Å². The van der Waals surface area contributed by atoms with Crippen LogP contribution in [0.25, 0.3) is 0 Å². The van der Waals surface area contributed by atoms with E-state index in [0.717, 1.165) is 18.0 Å². The molecular formula is C13H20N2O2S. The third kappa shape index (κ3) is 4.56. The first kappa shape index (κ1) is 14.8. The number of ether oxygens (including phenoxy) is 1. The molecule has 0 spiro atoms. The Balaban J connectivity index is 2.62. The highest BCUT2D eigenvalue weighted by atomic mass is 32.2. The lowest BCUT2D eigenvalue weighted by molar-refractivity contribution is 0.0526. The van der Waals surface area contributed by atoms with E-state index in [1.165, 1.54) is 0 Å². The number of nitrogens with one attached hydrogen (secondary N) is 1. The Morgan fingerprint density at radius 2 is 2.28 bits per heavy atom. The van der Waals surface area contributed by atoms with Gasteiger partial charge in [0.1, 0.15) is 5.82 Å². The van der Waals surface area contributed by atoms with Crippen molar-refractivity contribution < 1.29 is 9.53 Å². The van der Waals surface area contributed by atoms with Crippen molar-refractivity contribution in [1.82, 2.24) is 4.98 Å². The Kier molecular flexibility index (Phi) is 6.57. The Bertz CT molecular complexity index is 368. The Labute approximate surface area is 113 Å². The summed E-state index contributed by atoms with van der Waals surface area (Å²) in [7, 11) is 0. The van der Waals surface area contributed by atoms with Crippen LogP contribution in [-0.4, -0.2) is 35.6 Å². The van der Waals surface area contributed by atoms with Gasteiger partial charge in [0.25, 0.3) is 0 Å². The average molecular weight is 268 g/mol. The molecule has 5 heteroatoms. The number of esters is 1. The number of hydrogen-bond acceptors (Lipinski definition) is 5. The van der Waals surface area contributed by atoms with Crippen LogP contribution in [-0.2, 0) is 4.74 Å². The topological polar surface area (TPSA) is 51.2 Å². The molecule has 1 unspecified atom stereocenters. The minimum Gasteiger partial charge on any atom is -0.462 e. The Morgan fingerprint density at radius 3 is 2.78 bits per heavy atom. The van der Waals surface area contributed by atoms with Gasteiger partial charge >= 0.3 is 5.97 Å². The standard InChI is InChI=1S/C13H20N2O2S/c1-4-11(9-18-3)15-12-7-6-10(8-14-12)13(16)17-5-2/h6-8,11H,4-5,9H2,1-3H3,(H,14,15). The molecule has 0 amide bonds. The van der Waals surface area contributed by atoms with Crippen LogP contribution in [0, 0.1) is 0 Å². The van der Waals surface area contributed by atoms with Crippen molar-refractivity contribution in [3.8, 4) is 0 Å². The van der Waals surface area contributed by atoms with E-state index >= 15 is 0 Å². The molecule has 0 fully saturated rings. The summed E-state index contributed by atoms with van der Waals surface area (Å²) in [5.41, 5.74) is 0.486. The molecule has 0 aliphatic carbocycles. The van der Waals surface area contributed by atoms with Crippen molar-refractivity contribution in [2.24, 2.45) is 0 Å². The third-order valence-electron chi connectivity index (χ3n) is 2.49. The van der Waals surface area contributed by atoms with Crippen LogP contribution in [0.1, 0.15) is 30.6 Å². The zero-order valence-electron chi connectivity index (χ0n) is 11.1. The van der Waals surface area contributed by atoms with Crippen LogP contribution >= 0.6 is 11.8 Å². The van der Waals surface area contributed by atoms with Gasteiger partial charge < -0.3 is 10.1 Å². The second kappa shape index (κ2) is 7.97. The number of rotatable bonds is 7. The van der Waals surface area contributed by atoms with Crippen molar-refractivity contribution >= 4 is 23.5 Å². The first-order valence-corrected chi connectivity index (χ1v) is 7.49. The molecule has 1 aromatic heterocycles. The summed E-state index contributed by atoms with van der Waals surface area (Å²) in [6, 6.07) is 3.95. The maximum atomic E-state index is 11.5. The summed E-state index contributed by atoms with van der Waals surface area (Å²) in [6.07, 6.45) is 4.68.